The number of hydrogen-bond acceptors (Lipinski definition) is 3. The Bertz CT molecular complexity index is 545. The van der Waals surface area contributed by atoms with Crippen LogP contribution < -0.4 is 4.74 Å². The van der Waals surface area contributed by atoms with E-state index >= 15 is 0 Å². The molecule has 0 bridgehead atoms. The molecule has 0 radical (unpaired) electrons. The molecular formula is C18H26N2O. The van der Waals surface area contributed by atoms with Gasteiger partial charge in [0, 0.05) is 5.56 Å². The van der Waals surface area contributed by atoms with E-state index in [0.29, 0.717) is 6.61 Å². The molecule has 0 spiro atoms. The number of nitriles is 1. The summed E-state index contributed by atoms with van der Waals surface area (Å²) in [6.45, 7) is 5.91. The number of rotatable bonds is 4. The summed E-state index contributed by atoms with van der Waals surface area (Å²) in [5.74, 6) is 0.957. The average molecular weight is 286 g/mol. The molecule has 0 fully saturated rings. The first-order valence-corrected chi connectivity index (χ1v) is 7.79. The quantitative estimate of drug-likeness (QED) is 0.849. The summed E-state index contributed by atoms with van der Waals surface area (Å²) in [7, 11) is 4.16. The third-order valence-corrected chi connectivity index (χ3v) is 4.46. The monoisotopic (exact) mass is 286 g/mol. The molecule has 1 aliphatic heterocycles. The van der Waals surface area contributed by atoms with Crippen molar-refractivity contribution in [2.24, 2.45) is 0 Å². The van der Waals surface area contributed by atoms with E-state index in [-0.39, 0.29) is 0 Å². The number of fused-ring (bicyclic) bond motifs is 1. The van der Waals surface area contributed by atoms with E-state index in [4.69, 9.17) is 4.74 Å². The van der Waals surface area contributed by atoms with Crippen molar-refractivity contribution in [3.8, 4) is 11.8 Å². The molecule has 114 valence electrons. The summed E-state index contributed by atoms with van der Waals surface area (Å²) < 4.78 is 5.98. The van der Waals surface area contributed by atoms with Gasteiger partial charge in [-0.15, -0.1) is 0 Å². The maximum Gasteiger partial charge on any atom is 0.127 e. The zero-order valence-corrected chi connectivity index (χ0v) is 13.7. The molecule has 0 aromatic heterocycles. The Balaban J connectivity index is 2.43. The second-order valence-corrected chi connectivity index (χ2v) is 6.46. The number of nitrogens with zero attached hydrogens (tertiary/aromatic N) is 2. The van der Waals surface area contributed by atoms with Crippen LogP contribution in [0.2, 0.25) is 0 Å². The maximum absolute atomic E-state index is 9.97. The third-order valence-electron chi connectivity index (χ3n) is 4.46. The summed E-state index contributed by atoms with van der Waals surface area (Å²) in [5, 5.41) is 9.97. The fraction of sp³-hybridized carbons (Fsp3) is 0.611. The van der Waals surface area contributed by atoms with Crippen molar-refractivity contribution in [1.29, 1.82) is 5.26 Å². The van der Waals surface area contributed by atoms with Gasteiger partial charge in [-0.1, -0.05) is 12.1 Å². The van der Waals surface area contributed by atoms with E-state index in [2.05, 4.69) is 51.0 Å². The average Bonchev–Trinajstić information content (AvgIpc) is 2.64. The summed E-state index contributed by atoms with van der Waals surface area (Å²) in [5.41, 5.74) is 3.08. The van der Waals surface area contributed by atoms with Crippen molar-refractivity contribution in [3.63, 3.8) is 0 Å². The lowest BCUT2D eigenvalue weighted by atomic mass is 9.72. The van der Waals surface area contributed by atoms with E-state index in [1.807, 2.05) is 0 Å². The van der Waals surface area contributed by atoms with Crippen molar-refractivity contribution in [1.82, 2.24) is 4.90 Å². The number of aryl methyl sites for hydroxylation is 2. The topological polar surface area (TPSA) is 36.3 Å². The fourth-order valence-electron chi connectivity index (χ4n) is 3.35. The largest absolute Gasteiger partial charge is 0.493 e. The Kier molecular flexibility index (Phi) is 4.90. The van der Waals surface area contributed by atoms with Gasteiger partial charge in [0.05, 0.1) is 18.1 Å². The van der Waals surface area contributed by atoms with Crippen LogP contribution in [0.15, 0.2) is 12.1 Å². The Hall–Kier alpha value is -1.53. The second-order valence-electron chi connectivity index (χ2n) is 6.46. The van der Waals surface area contributed by atoms with Crippen molar-refractivity contribution in [2.45, 2.75) is 44.9 Å². The molecule has 1 aromatic carbocycles. The molecule has 0 N–H and O–H groups in total. The van der Waals surface area contributed by atoms with Gasteiger partial charge in [-0.2, -0.15) is 5.26 Å². The highest BCUT2D eigenvalue weighted by molar-refractivity contribution is 5.53. The van der Waals surface area contributed by atoms with Crippen LogP contribution in [0, 0.1) is 25.2 Å². The van der Waals surface area contributed by atoms with Gasteiger partial charge in [-0.3, -0.25) is 0 Å². The first-order chi connectivity index (χ1) is 10.00. The van der Waals surface area contributed by atoms with Crippen molar-refractivity contribution < 1.29 is 4.74 Å². The van der Waals surface area contributed by atoms with Crippen LogP contribution in [-0.4, -0.2) is 32.1 Å². The number of ether oxygens (including phenoxy) is 1. The number of benzene rings is 1. The SMILES string of the molecule is Cc1ccc(C)c2c1OCCCC2(C#N)CCCN(C)C. The maximum atomic E-state index is 9.97. The lowest BCUT2D eigenvalue weighted by molar-refractivity contribution is 0.310. The van der Waals surface area contributed by atoms with Gasteiger partial charge in [0.1, 0.15) is 5.75 Å². The molecule has 0 saturated carbocycles. The lowest BCUT2D eigenvalue weighted by Gasteiger charge is -2.29. The summed E-state index contributed by atoms with van der Waals surface area (Å²) >= 11 is 0. The van der Waals surface area contributed by atoms with Crippen LogP contribution in [0.5, 0.6) is 5.75 Å². The minimum absolute atomic E-state index is 0.391. The Labute approximate surface area is 128 Å². The van der Waals surface area contributed by atoms with Crippen LogP contribution in [0.4, 0.5) is 0 Å². The van der Waals surface area contributed by atoms with Crippen LogP contribution >= 0.6 is 0 Å². The van der Waals surface area contributed by atoms with Crippen molar-refractivity contribution in [3.05, 3.63) is 28.8 Å². The van der Waals surface area contributed by atoms with Gasteiger partial charge in [-0.25, -0.2) is 0 Å². The molecule has 3 heteroatoms. The summed E-state index contributed by atoms with van der Waals surface area (Å²) in [6, 6.07) is 6.88. The van der Waals surface area contributed by atoms with Gasteiger partial charge < -0.3 is 9.64 Å². The standard InChI is InChI=1S/C18H26N2O/c1-14-7-8-15(2)17-16(14)18(13-19,10-6-12-21-17)9-5-11-20(3)4/h7-8H,5-6,9-12H2,1-4H3. The Morgan fingerprint density at radius 1 is 1.29 bits per heavy atom. The van der Waals surface area contributed by atoms with E-state index in [1.165, 1.54) is 5.56 Å². The second kappa shape index (κ2) is 6.49. The minimum atomic E-state index is -0.391. The molecule has 2 rings (SSSR count). The highest BCUT2D eigenvalue weighted by Crippen LogP contribution is 2.44. The molecule has 0 aliphatic carbocycles. The molecule has 1 unspecified atom stereocenters. The van der Waals surface area contributed by atoms with Crippen molar-refractivity contribution in [2.75, 3.05) is 27.2 Å². The Morgan fingerprint density at radius 2 is 2.00 bits per heavy atom. The third kappa shape index (κ3) is 3.22. The molecule has 1 atom stereocenters. The van der Waals surface area contributed by atoms with E-state index < -0.39 is 5.41 Å². The summed E-state index contributed by atoms with van der Waals surface area (Å²) in [4.78, 5) is 2.18. The molecular weight excluding hydrogens is 260 g/mol. The van der Waals surface area contributed by atoms with Gasteiger partial charge in [-0.05, 0) is 71.3 Å². The van der Waals surface area contributed by atoms with E-state index in [9.17, 15) is 5.26 Å². The van der Waals surface area contributed by atoms with Crippen LogP contribution in [-0.2, 0) is 5.41 Å². The van der Waals surface area contributed by atoms with Gasteiger partial charge in [0.2, 0.25) is 0 Å². The molecule has 0 amide bonds. The lowest BCUT2D eigenvalue weighted by Crippen LogP contribution is -2.27. The molecule has 1 aliphatic rings. The van der Waals surface area contributed by atoms with Crippen molar-refractivity contribution >= 4 is 0 Å². The first-order valence-electron chi connectivity index (χ1n) is 7.79. The highest BCUT2D eigenvalue weighted by Gasteiger charge is 2.38. The molecule has 1 aromatic rings. The number of hydrogen-bond donors (Lipinski definition) is 0. The predicted molar refractivity (Wildman–Crippen MR) is 85.7 cm³/mol. The normalized spacial score (nSPS) is 21.3. The van der Waals surface area contributed by atoms with E-state index in [0.717, 1.165) is 49.1 Å². The van der Waals surface area contributed by atoms with Gasteiger partial charge in [0.15, 0.2) is 0 Å². The highest BCUT2D eigenvalue weighted by atomic mass is 16.5. The first kappa shape index (κ1) is 15.9. The smallest absolute Gasteiger partial charge is 0.127 e. The summed E-state index contributed by atoms with van der Waals surface area (Å²) in [6.07, 6.45) is 3.78. The molecule has 0 saturated heterocycles. The van der Waals surface area contributed by atoms with E-state index in [1.54, 1.807) is 0 Å². The minimum Gasteiger partial charge on any atom is -0.493 e. The fourth-order valence-corrected chi connectivity index (χ4v) is 3.35. The predicted octanol–water partition coefficient (Wildman–Crippen LogP) is 3.58. The molecule has 3 nitrogen and oxygen atoms in total. The van der Waals surface area contributed by atoms with Crippen LogP contribution in [0.25, 0.3) is 0 Å². The molecule has 1 heterocycles. The van der Waals surface area contributed by atoms with Gasteiger partial charge >= 0.3 is 0 Å². The van der Waals surface area contributed by atoms with Gasteiger partial charge in [0.25, 0.3) is 0 Å². The molecule has 21 heavy (non-hydrogen) atoms. The van der Waals surface area contributed by atoms with Crippen LogP contribution in [0.1, 0.15) is 42.4 Å². The zero-order chi connectivity index (χ0) is 15.5. The Morgan fingerprint density at radius 3 is 2.67 bits per heavy atom. The van der Waals surface area contributed by atoms with Crippen LogP contribution in [0.3, 0.4) is 0 Å². The zero-order valence-electron chi connectivity index (χ0n) is 13.7.